The molecule has 0 unspecified atom stereocenters. The normalized spacial score (nSPS) is 10.7. The number of anilines is 1. The Hall–Kier alpha value is -1.55. The highest BCUT2D eigenvalue weighted by molar-refractivity contribution is 9.10. The number of carboxylic acid groups (broad SMARTS) is 1. The van der Waals surface area contributed by atoms with Gasteiger partial charge in [0.25, 0.3) is 0 Å². The molecule has 0 aliphatic rings. The van der Waals surface area contributed by atoms with Crippen molar-refractivity contribution in [2.24, 2.45) is 0 Å². The minimum atomic E-state index is -0.947. The Morgan fingerprint density at radius 1 is 1.53 bits per heavy atom. The highest BCUT2D eigenvalue weighted by Gasteiger charge is 2.08. The Kier molecular flexibility index (Phi) is 5.83. The average molecular weight is 324 g/mol. The van der Waals surface area contributed by atoms with Crippen LogP contribution in [0.4, 0.5) is 5.69 Å². The maximum Gasteiger partial charge on any atom is 0.328 e. The summed E-state index contributed by atoms with van der Waals surface area (Å²) in [6.45, 7) is 9.71. The molecule has 0 fully saturated rings. The van der Waals surface area contributed by atoms with Crippen molar-refractivity contribution in [1.82, 2.24) is 0 Å². The van der Waals surface area contributed by atoms with Gasteiger partial charge in [-0.3, -0.25) is 0 Å². The van der Waals surface area contributed by atoms with Crippen LogP contribution in [0, 0.1) is 0 Å². The van der Waals surface area contributed by atoms with E-state index in [1.807, 2.05) is 25.1 Å². The monoisotopic (exact) mass is 323 g/mol. The van der Waals surface area contributed by atoms with E-state index < -0.39 is 5.97 Å². The first-order valence-electron chi connectivity index (χ1n) is 6.04. The molecule has 0 saturated carbocycles. The van der Waals surface area contributed by atoms with Crippen molar-refractivity contribution in [3.05, 3.63) is 46.5 Å². The Bertz CT molecular complexity index is 509. The molecule has 1 aromatic rings. The van der Waals surface area contributed by atoms with Crippen LogP contribution in [0.3, 0.4) is 0 Å². The van der Waals surface area contributed by atoms with Gasteiger partial charge < -0.3 is 10.0 Å². The highest BCUT2D eigenvalue weighted by atomic mass is 79.9. The molecule has 0 saturated heterocycles. The van der Waals surface area contributed by atoms with Crippen molar-refractivity contribution >= 4 is 33.7 Å². The smallest absolute Gasteiger partial charge is 0.328 e. The number of aliphatic carboxylic acids is 1. The molecule has 0 bridgehead atoms. The zero-order valence-corrected chi connectivity index (χ0v) is 12.8. The van der Waals surface area contributed by atoms with E-state index in [9.17, 15) is 4.79 Å². The van der Waals surface area contributed by atoms with Crippen LogP contribution in [0.5, 0.6) is 0 Å². The van der Waals surface area contributed by atoms with Gasteiger partial charge in [0.2, 0.25) is 0 Å². The van der Waals surface area contributed by atoms with Crippen LogP contribution >= 0.6 is 15.9 Å². The van der Waals surface area contributed by atoms with Crippen LogP contribution in [0.1, 0.15) is 19.4 Å². The number of carbonyl (C=O) groups is 1. The maximum absolute atomic E-state index is 10.5. The molecule has 0 radical (unpaired) electrons. The molecule has 1 N–H and O–H groups in total. The van der Waals surface area contributed by atoms with E-state index in [1.165, 1.54) is 0 Å². The fourth-order valence-corrected chi connectivity index (χ4v) is 2.39. The molecule has 19 heavy (non-hydrogen) atoms. The van der Waals surface area contributed by atoms with Gasteiger partial charge in [-0.25, -0.2) is 4.79 Å². The van der Waals surface area contributed by atoms with Crippen molar-refractivity contribution < 1.29 is 9.90 Å². The summed E-state index contributed by atoms with van der Waals surface area (Å²) in [7, 11) is 0. The molecule has 102 valence electrons. The van der Waals surface area contributed by atoms with Crippen molar-refractivity contribution in [3.63, 3.8) is 0 Å². The Labute approximate surface area is 122 Å². The van der Waals surface area contributed by atoms with E-state index in [0.717, 1.165) is 40.5 Å². The number of benzene rings is 1. The number of rotatable bonds is 6. The largest absolute Gasteiger partial charge is 0.478 e. The zero-order chi connectivity index (χ0) is 14.4. The molecule has 0 aromatic heterocycles. The number of carboxylic acids is 1. The maximum atomic E-state index is 10.5. The van der Waals surface area contributed by atoms with E-state index in [1.54, 1.807) is 6.08 Å². The predicted octanol–water partition coefficient (Wildman–Crippen LogP) is 3.95. The standard InChI is InChI=1S/C15H18BrNO2/c1-4-17(10-11(2)3)14-7-5-12(9-13(14)16)6-8-15(18)19/h5-9H,2,4,10H2,1,3H3,(H,18,19)/b8-6+. The van der Waals surface area contributed by atoms with Gasteiger partial charge in [0.15, 0.2) is 0 Å². The summed E-state index contributed by atoms with van der Waals surface area (Å²) < 4.78 is 0.947. The molecule has 1 rings (SSSR count). The van der Waals surface area contributed by atoms with Crippen LogP contribution in [0.15, 0.2) is 40.9 Å². The fourth-order valence-electron chi connectivity index (χ4n) is 1.74. The summed E-state index contributed by atoms with van der Waals surface area (Å²) in [6, 6.07) is 5.80. The molecule has 0 heterocycles. The van der Waals surface area contributed by atoms with Crippen LogP contribution in [0.2, 0.25) is 0 Å². The van der Waals surface area contributed by atoms with Crippen LogP contribution in [0.25, 0.3) is 6.08 Å². The topological polar surface area (TPSA) is 40.5 Å². The van der Waals surface area contributed by atoms with Gasteiger partial charge >= 0.3 is 5.97 Å². The molecule has 0 aliphatic heterocycles. The second-order valence-electron chi connectivity index (χ2n) is 4.35. The van der Waals surface area contributed by atoms with Crippen molar-refractivity contribution in [3.8, 4) is 0 Å². The Balaban J connectivity index is 2.98. The summed E-state index contributed by atoms with van der Waals surface area (Å²) >= 11 is 3.53. The van der Waals surface area contributed by atoms with E-state index in [0.29, 0.717) is 0 Å². The number of hydrogen-bond acceptors (Lipinski definition) is 2. The first-order valence-corrected chi connectivity index (χ1v) is 6.83. The molecule has 0 atom stereocenters. The number of nitrogens with zero attached hydrogens (tertiary/aromatic N) is 1. The molecule has 1 aromatic carbocycles. The van der Waals surface area contributed by atoms with Gasteiger partial charge in [0, 0.05) is 23.6 Å². The van der Waals surface area contributed by atoms with Gasteiger partial charge in [0.05, 0.1) is 5.69 Å². The molecular weight excluding hydrogens is 306 g/mol. The number of hydrogen-bond donors (Lipinski definition) is 1. The first kappa shape index (κ1) is 15.5. The van der Waals surface area contributed by atoms with Crippen molar-refractivity contribution in [2.45, 2.75) is 13.8 Å². The molecule has 3 nitrogen and oxygen atoms in total. The highest BCUT2D eigenvalue weighted by Crippen LogP contribution is 2.28. The van der Waals surface area contributed by atoms with Gasteiger partial charge in [0.1, 0.15) is 0 Å². The lowest BCUT2D eigenvalue weighted by Gasteiger charge is -2.24. The Morgan fingerprint density at radius 3 is 2.68 bits per heavy atom. The molecule has 0 aliphatic carbocycles. The molecule has 0 spiro atoms. The lowest BCUT2D eigenvalue weighted by atomic mass is 10.1. The summed E-state index contributed by atoms with van der Waals surface area (Å²) in [4.78, 5) is 12.7. The zero-order valence-electron chi connectivity index (χ0n) is 11.2. The third kappa shape index (κ3) is 4.91. The van der Waals surface area contributed by atoms with E-state index in [4.69, 9.17) is 5.11 Å². The van der Waals surface area contributed by atoms with Crippen LogP contribution in [-0.2, 0) is 4.79 Å². The van der Waals surface area contributed by atoms with Crippen LogP contribution in [-0.4, -0.2) is 24.2 Å². The van der Waals surface area contributed by atoms with Gasteiger partial charge in [-0.2, -0.15) is 0 Å². The minimum Gasteiger partial charge on any atom is -0.478 e. The summed E-state index contributed by atoms with van der Waals surface area (Å²) in [5.41, 5.74) is 3.03. The first-order chi connectivity index (χ1) is 8.93. The van der Waals surface area contributed by atoms with Gasteiger partial charge in [-0.1, -0.05) is 18.2 Å². The number of likely N-dealkylation sites (N-methyl/N-ethyl adjacent to an activating group) is 1. The third-order valence-electron chi connectivity index (χ3n) is 2.57. The molecule has 0 amide bonds. The lowest BCUT2D eigenvalue weighted by molar-refractivity contribution is -0.131. The summed E-state index contributed by atoms with van der Waals surface area (Å²) in [6.07, 6.45) is 2.71. The van der Waals surface area contributed by atoms with E-state index in [2.05, 4.69) is 34.3 Å². The summed E-state index contributed by atoms with van der Waals surface area (Å²) in [5.74, 6) is -0.947. The summed E-state index contributed by atoms with van der Waals surface area (Å²) in [5, 5.41) is 8.61. The van der Waals surface area contributed by atoms with Crippen molar-refractivity contribution in [1.29, 1.82) is 0 Å². The average Bonchev–Trinajstić information content (AvgIpc) is 2.33. The quantitative estimate of drug-likeness (QED) is 0.636. The van der Waals surface area contributed by atoms with E-state index in [-0.39, 0.29) is 0 Å². The minimum absolute atomic E-state index is 0.805. The second-order valence-corrected chi connectivity index (χ2v) is 5.21. The number of halogens is 1. The Morgan fingerprint density at radius 2 is 2.21 bits per heavy atom. The lowest BCUT2D eigenvalue weighted by Crippen LogP contribution is -2.24. The third-order valence-corrected chi connectivity index (χ3v) is 3.21. The predicted molar refractivity (Wildman–Crippen MR) is 83.5 cm³/mol. The SMILES string of the molecule is C=C(C)CN(CC)c1ccc(/C=C/C(=O)O)cc1Br. The van der Waals surface area contributed by atoms with E-state index >= 15 is 0 Å². The van der Waals surface area contributed by atoms with Crippen molar-refractivity contribution in [2.75, 3.05) is 18.0 Å². The second kappa shape index (κ2) is 7.14. The van der Waals surface area contributed by atoms with Gasteiger partial charge in [-0.15, -0.1) is 0 Å². The van der Waals surface area contributed by atoms with Crippen LogP contribution < -0.4 is 4.90 Å². The molecular formula is C15H18BrNO2. The molecule has 4 heteroatoms. The fraction of sp³-hybridized carbons (Fsp3) is 0.267. The van der Waals surface area contributed by atoms with Gasteiger partial charge in [-0.05, 0) is 53.5 Å².